The van der Waals surface area contributed by atoms with Crippen LogP contribution in [0.5, 0.6) is 0 Å². The predicted octanol–water partition coefficient (Wildman–Crippen LogP) is 0.245. The van der Waals surface area contributed by atoms with Gasteiger partial charge in [0.05, 0.1) is 20.8 Å². The van der Waals surface area contributed by atoms with Crippen molar-refractivity contribution in [2.45, 2.75) is 18.8 Å². The summed E-state index contributed by atoms with van der Waals surface area (Å²) in [5.74, 6) is -1.45. The Kier molecular flexibility index (Phi) is 5.98. The molecule has 0 aliphatic carbocycles. The molecule has 0 saturated heterocycles. The first-order valence-electron chi connectivity index (χ1n) is 5.67. The number of methoxy groups -OCH3 is 2. The van der Waals surface area contributed by atoms with Crippen LogP contribution in [0.3, 0.4) is 0 Å². The van der Waals surface area contributed by atoms with Crippen LogP contribution < -0.4 is 5.73 Å². The van der Waals surface area contributed by atoms with Crippen LogP contribution in [0.4, 0.5) is 0 Å². The molecule has 0 heterocycles. The lowest BCUT2D eigenvalue weighted by atomic mass is 10.1. The van der Waals surface area contributed by atoms with Crippen molar-refractivity contribution in [3.05, 3.63) is 35.9 Å². The van der Waals surface area contributed by atoms with E-state index in [1.54, 1.807) is 0 Å². The second kappa shape index (κ2) is 7.50. The molecule has 0 bridgehead atoms. The molecular weight excluding hydrogens is 250 g/mol. The zero-order valence-electron chi connectivity index (χ0n) is 10.9. The lowest BCUT2D eigenvalue weighted by Gasteiger charge is -2.20. The van der Waals surface area contributed by atoms with Crippen molar-refractivity contribution in [3.8, 4) is 0 Å². The summed E-state index contributed by atoms with van der Waals surface area (Å²) in [6.07, 6.45) is -1.20. The Balaban J connectivity index is 2.70. The first kappa shape index (κ1) is 15.1. The maximum Gasteiger partial charge on any atom is 0.337 e. The van der Waals surface area contributed by atoms with E-state index in [1.807, 2.05) is 30.3 Å². The summed E-state index contributed by atoms with van der Waals surface area (Å²) in [7, 11) is 2.39. The van der Waals surface area contributed by atoms with Gasteiger partial charge in [0.25, 0.3) is 0 Å². The maximum absolute atomic E-state index is 11.6. The second-order valence-electron chi connectivity index (χ2n) is 3.79. The van der Waals surface area contributed by atoms with Crippen LogP contribution in [-0.2, 0) is 30.4 Å². The molecule has 0 aliphatic heterocycles. The van der Waals surface area contributed by atoms with E-state index in [2.05, 4.69) is 9.47 Å². The van der Waals surface area contributed by atoms with Gasteiger partial charge >= 0.3 is 11.9 Å². The molecule has 104 valence electrons. The standard InChI is InChI=1S/C13H17NO5/c1-17-12(15)10(14)11(13(16)18-2)19-8-9-6-4-3-5-7-9/h3-7,10-11H,8,14H2,1-2H3/t10-,11-/m0/s1. The third-order valence-corrected chi connectivity index (χ3v) is 2.51. The molecule has 0 spiro atoms. The van der Waals surface area contributed by atoms with E-state index >= 15 is 0 Å². The Bertz CT molecular complexity index is 420. The van der Waals surface area contributed by atoms with Crippen LogP contribution in [0, 0.1) is 0 Å². The molecule has 1 aromatic rings. The third-order valence-electron chi connectivity index (χ3n) is 2.51. The number of rotatable bonds is 6. The summed E-state index contributed by atoms with van der Waals surface area (Å²) in [6, 6.07) is 7.98. The van der Waals surface area contributed by atoms with Gasteiger partial charge in [0.2, 0.25) is 0 Å². The molecular formula is C13H17NO5. The largest absolute Gasteiger partial charge is 0.468 e. The van der Waals surface area contributed by atoms with E-state index in [4.69, 9.17) is 10.5 Å². The summed E-state index contributed by atoms with van der Waals surface area (Å²) in [4.78, 5) is 22.9. The van der Waals surface area contributed by atoms with Crippen molar-refractivity contribution in [1.29, 1.82) is 0 Å². The van der Waals surface area contributed by atoms with Gasteiger partial charge in [-0.05, 0) is 5.56 Å². The van der Waals surface area contributed by atoms with Gasteiger partial charge in [0.15, 0.2) is 6.10 Å². The molecule has 0 saturated carbocycles. The maximum atomic E-state index is 11.6. The number of hydrogen-bond acceptors (Lipinski definition) is 6. The molecule has 0 radical (unpaired) electrons. The van der Waals surface area contributed by atoms with Crippen molar-refractivity contribution in [1.82, 2.24) is 0 Å². The first-order valence-corrected chi connectivity index (χ1v) is 5.67. The molecule has 2 atom stereocenters. The highest BCUT2D eigenvalue weighted by Gasteiger charge is 2.33. The van der Waals surface area contributed by atoms with E-state index < -0.39 is 24.1 Å². The molecule has 19 heavy (non-hydrogen) atoms. The highest BCUT2D eigenvalue weighted by Crippen LogP contribution is 2.08. The van der Waals surface area contributed by atoms with Gasteiger partial charge in [-0.3, -0.25) is 4.79 Å². The summed E-state index contributed by atoms with van der Waals surface area (Å²) in [5.41, 5.74) is 6.47. The third kappa shape index (κ3) is 4.35. The fourth-order valence-corrected chi connectivity index (χ4v) is 1.45. The van der Waals surface area contributed by atoms with Crippen LogP contribution in [0.15, 0.2) is 30.3 Å². The van der Waals surface area contributed by atoms with Crippen molar-refractivity contribution >= 4 is 11.9 Å². The number of nitrogens with two attached hydrogens (primary N) is 1. The monoisotopic (exact) mass is 267 g/mol. The first-order chi connectivity index (χ1) is 9.10. The minimum atomic E-state index is -1.22. The van der Waals surface area contributed by atoms with E-state index in [1.165, 1.54) is 14.2 Å². The van der Waals surface area contributed by atoms with E-state index in [0.717, 1.165) is 5.56 Å². The van der Waals surface area contributed by atoms with E-state index in [0.29, 0.717) is 0 Å². The summed E-state index contributed by atoms with van der Waals surface area (Å²) < 4.78 is 14.4. The minimum absolute atomic E-state index is 0.144. The Morgan fingerprint density at radius 2 is 1.68 bits per heavy atom. The topological polar surface area (TPSA) is 87.9 Å². The molecule has 0 amide bonds. The molecule has 6 heteroatoms. The van der Waals surface area contributed by atoms with Crippen LogP contribution >= 0.6 is 0 Å². The zero-order chi connectivity index (χ0) is 14.3. The number of carbonyl (C=O) groups excluding carboxylic acids is 2. The minimum Gasteiger partial charge on any atom is -0.468 e. The Morgan fingerprint density at radius 1 is 1.11 bits per heavy atom. The molecule has 0 unspecified atom stereocenters. The molecule has 2 N–H and O–H groups in total. The van der Waals surface area contributed by atoms with Gasteiger partial charge in [-0.15, -0.1) is 0 Å². The van der Waals surface area contributed by atoms with Gasteiger partial charge in [-0.2, -0.15) is 0 Å². The number of esters is 2. The van der Waals surface area contributed by atoms with Gasteiger partial charge in [-0.25, -0.2) is 4.79 Å². The van der Waals surface area contributed by atoms with Crippen LogP contribution in [0.25, 0.3) is 0 Å². The van der Waals surface area contributed by atoms with Crippen LogP contribution in [0.1, 0.15) is 5.56 Å². The SMILES string of the molecule is COC(=O)[C@@H](N)[C@H](OCc1ccccc1)C(=O)OC. The van der Waals surface area contributed by atoms with Gasteiger partial charge in [0.1, 0.15) is 6.04 Å². The number of ether oxygens (including phenoxy) is 3. The second-order valence-corrected chi connectivity index (χ2v) is 3.79. The number of carbonyl (C=O) groups is 2. The lowest BCUT2D eigenvalue weighted by Crippen LogP contribution is -2.48. The summed E-state index contributed by atoms with van der Waals surface area (Å²) in [5, 5.41) is 0. The van der Waals surface area contributed by atoms with Crippen molar-refractivity contribution in [2.24, 2.45) is 5.73 Å². The van der Waals surface area contributed by atoms with Gasteiger partial charge in [-0.1, -0.05) is 30.3 Å². The quantitative estimate of drug-likeness (QED) is 0.743. The van der Waals surface area contributed by atoms with Crippen molar-refractivity contribution in [2.75, 3.05) is 14.2 Å². The normalized spacial score (nSPS) is 13.4. The Labute approximate surface area is 111 Å². The highest BCUT2D eigenvalue weighted by molar-refractivity contribution is 5.86. The molecule has 0 fully saturated rings. The van der Waals surface area contributed by atoms with E-state index in [-0.39, 0.29) is 6.61 Å². The average Bonchev–Trinajstić information content (AvgIpc) is 2.47. The fourth-order valence-electron chi connectivity index (χ4n) is 1.45. The Hall–Kier alpha value is -1.92. The Morgan fingerprint density at radius 3 is 2.21 bits per heavy atom. The summed E-state index contributed by atoms with van der Waals surface area (Å²) in [6.45, 7) is 0.144. The molecule has 6 nitrogen and oxygen atoms in total. The van der Waals surface area contributed by atoms with Crippen molar-refractivity contribution in [3.63, 3.8) is 0 Å². The lowest BCUT2D eigenvalue weighted by molar-refractivity contribution is -0.163. The molecule has 1 aromatic carbocycles. The number of benzene rings is 1. The molecule has 1 rings (SSSR count). The zero-order valence-corrected chi connectivity index (χ0v) is 10.9. The predicted molar refractivity (Wildman–Crippen MR) is 67.0 cm³/mol. The van der Waals surface area contributed by atoms with Crippen LogP contribution in [0.2, 0.25) is 0 Å². The smallest absolute Gasteiger partial charge is 0.337 e. The molecule has 0 aliphatic rings. The van der Waals surface area contributed by atoms with E-state index in [9.17, 15) is 9.59 Å². The average molecular weight is 267 g/mol. The van der Waals surface area contributed by atoms with Crippen molar-refractivity contribution < 1.29 is 23.8 Å². The highest BCUT2D eigenvalue weighted by atomic mass is 16.6. The van der Waals surface area contributed by atoms with Gasteiger partial charge in [0, 0.05) is 0 Å². The number of hydrogen-bond donors (Lipinski definition) is 1. The van der Waals surface area contributed by atoms with Gasteiger partial charge < -0.3 is 19.9 Å². The molecule has 0 aromatic heterocycles. The van der Waals surface area contributed by atoms with Crippen LogP contribution in [-0.4, -0.2) is 38.3 Å². The summed E-state index contributed by atoms with van der Waals surface area (Å²) >= 11 is 0. The fraction of sp³-hybridized carbons (Fsp3) is 0.385.